The fraction of sp³-hybridized carbons (Fsp3) is 0.143. The van der Waals surface area contributed by atoms with Crippen LogP contribution in [0.3, 0.4) is 0 Å². The number of carbonyl (C=O) groups is 2. The Morgan fingerprint density at radius 1 is 1.16 bits per heavy atom. The number of hydrogen-bond donors (Lipinski definition) is 1. The number of thiophene rings is 1. The van der Waals surface area contributed by atoms with Gasteiger partial charge in [-0.25, -0.2) is 0 Å². The van der Waals surface area contributed by atoms with E-state index >= 15 is 0 Å². The Hall–Kier alpha value is -2.14. The van der Waals surface area contributed by atoms with Gasteiger partial charge in [0.2, 0.25) is 5.91 Å². The zero-order chi connectivity index (χ0) is 13.7. The van der Waals surface area contributed by atoms with Crippen LogP contribution in [0.1, 0.15) is 16.4 Å². The summed E-state index contributed by atoms with van der Waals surface area (Å²) in [6.45, 7) is 0.134. The molecule has 0 bridgehead atoms. The zero-order valence-electron chi connectivity index (χ0n) is 10.1. The van der Waals surface area contributed by atoms with Crippen molar-refractivity contribution < 1.29 is 14.3 Å². The van der Waals surface area contributed by atoms with Crippen LogP contribution >= 0.6 is 11.3 Å². The number of benzene rings is 1. The molecule has 0 saturated heterocycles. The van der Waals surface area contributed by atoms with Gasteiger partial charge in [0.15, 0.2) is 5.92 Å². The molecule has 0 radical (unpaired) electrons. The molecule has 1 heterocycles. The van der Waals surface area contributed by atoms with E-state index in [1.54, 1.807) is 17.5 Å². The third kappa shape index (κ3) is 3.42. The summed E-state index contributed by atoms with van der Waals surface area (Å²) in [7, 11) is 0. The summed E-state index contributed by atoms with van der Waals surface area (Å²) in [5.74, 6) is -2.33. The van der Waals surface area contributed by atoms with E-state index in [-0.39, 0.29) is 6.61 Å². The molecule has 1 atom stereocenters. The highest BCUT2D eigenvalue weighted by molar-refractivity contribution is 7.10. The van der Waals surface area contributed by atoms with E-state index in [1.807, 2.05) is 30.3 Å². The SMILES string of the molecule is NC(=O)C(C(=O)OCc1ccccc1)c1cccs1. The lowest BCUT2D eigenvalue weighted by Gasteiger charge is -2.11. The topological polar surface area (TPSA) is 69.4 Å². The van der Waals surface area contributed by atoms with Crippen LogP contribution in [0.5, 0.6) is 0 Å². The molecular weight excluding hydrogens is 262 g/mol. The summed E-state index contributed by atoms with van der Waals surface area (Å²) in [5.41, 5.74) is 6.13. The zero-order valence-corrected chi connectivity index (χ0v) is 10.9. The molecular formula is C14H13NO3S. The number of carbonyl (C=O) groups excluding carboxylic acids is 2. The lowest BCUT2D eigenvalue weighted by Crippen LogP contribution is -2.29. The highest BCUT2D eigenvalue weighted by atomic mass is 32.1. The summed E-state index contributed by atoms with van der Waals surface area (Å²) >= 11 is 1.31. The first-order chi connectivity index (χ1) is 9.18. The number of nitrogens with two attached hydrogens (primary N) is 1. The Balaban J connectivity index is 2.03. The molecule has 0 saturated carbocycles. The molecule has 0 spiro atoms. The minimum atomic E-state index is -1.02. The largest absolute Gasteiger partial charge is 0.460 e. The highest BCUT2D eigenvalue weighted by Gasteiger charge is 2.28. The van der Waals surface area contributed by atoms with Gasteiger partial charge in [-0.3, -0.25) is 9.59 Å². The second kappa shape index (κ2) is 6.15. The Labute approximate surface area is 114 Å². The lowest BCUT2D eigenvalue weighted by atomic mass is 10.1. The summed E-state index contributed by atoms with van der Waals surface area (Å²) in [4.78, 5) is 23.9. The molecule has 2 aromatic rings. The summed E-state index contributed by atoms with van der Waals surface area (Å²) in [5, 5.41) is 1.79. The number of rotatable bonds is 5. The molecule has 0 aliphatic rings. The first-order valence-corrected chi connectivity index (χ1v) is 6.59. The number of amides is 1. The van der Waals surface area contributed by atoms with Crippen molar-refractivity contribution >= 4 is 23.2 Å². The predicted octanol–water partition coefficient (Wildman–Crippen LogP) is 2.06. The third-order valence-electron chi connectivity index (χ3n) is 2.57. The van der Waals surface area contributed by atoms with Gasteiger partial charge >= 0.3 is 5.97 Å². The van der Waals surface area contributed by atoms with Crippen LogP contribution in [0.2, 0.25) is 0 Å². The van der Waals surface area contributed by atoms with Crippen LogP contribution in [0, 0.1) is 0 Å². The van der Waals surface area contributed by atoms with Gasteiger partial charge in [0.1, 0.15) is 6.61 Å². The summed E-state index contributed by atoms with van der Waals surface area (Å²) < 4.78 is 5.14. The van der Waals surface area contributed by atoms with Crippen LogP contribution < -0.4 is 5.73 Å². The van der Waals surface area contributed by atoms with Gasteiger partial charge < -0.3 is 10.5 Å². The molecule has 19 heavy (non-hydrogen) atoms. The van der Waals surface area contributed by atoms with Crippen LogP contribution in [0.4, 0.5) is 0 Å². The second-order valence-corrected chi connectivity index (χ2v) is 4.92. The van der Waals surface area contributed by atoms with E-state index in [0.29, 0.717) is 4.88 Å². The average molecular weight is 275 g/mol. The van der Waals surface area contributed by atoms with Gasteiger partial charge in [0, 0.05) is 4.88 Å². The molecule has 4 nitrogen and oxygen atoms in total. The van der Waals surface area contributed by atoms with Crippen LogP contribution in [0.15, 0.2) is 47.8 Å². The quantitative estimate of drug-likeness (QED) is 0.670. The highest BCUT2D eigenvalue weighted by Crippen LogP contribution is 2.22. The number of hydrogen-bond acceptors (Lipinski definition) is 4. The molecule has 1 aromatic heterocycles. The van der Waals surface area contributed by atoms with Crippen LogP contribution in [0.25, 0.3) is 0 Å². The predicted molar refractivity (Wildman–Crippen MR) is 72.5 cm³/mol. The fourth-order valence-corrected chi connectivity index (χ4v) is 2.46. The van der Waals surface area contributed by atoms with Gasteiger partial charge in [0.25, 0.3) is 0 Å². The van der Waals surface area contributed by atoms with E-state index in [2.05, 4.69) is 0 Å². The van der Waals surface area contributed by atoms with Crippen LogP contribution in [-0.4, -0.2) is 11.9 Å². The third-order valence-corrected chi connectivity index (χ3v) is 3.51. The van der Waals surface area contributed by atoms with Crippen molar-refractivity contribution in [2.75, 3.05) is 0 Å². The molecule has 1 unspecified atom stereocenters. The molecule has 98 valence electrons. The van der Waals surface area contributed by atoms with Crippen molar-refractivity contribution in [1.29, 1.82) is 0 Å². The maximum Gasteiger partial charge on any atom is 0.324 e. The van der Waals surface area contributed by atoms with Gasteiger partial charge in [-0.1, -0.05) is 36.4 Å². The number of esters is 1. The van der Waals surface area contributed by atoms with E-state index in [4.69, 9.17) is 10.5 Å². The molecule has 2 rings (SSSR count). The Kier molecular flexibility index (Phi) is 4.30. The molecule has 0 fully saturated rings. The van der Waals surface area contributed by atoms with E-state index < -0.39 is 17.8 Å². The van der Waals surface area contributed by atoms with Crippen molar-refractivity contribution in [3.8, 4) is 0 Å². The van der Waals surface area contributed by atoms with Crippen molar-refractivity contribution in [1.82, 2.24) is 0 Å². The lowest BCUT2D eigenvalue weighted by molar-refractivity contribution is -0.149. The van der Waals surface area contributed by atoms with Gasteiger partial charge in [-0.2, -0.15) is 0 Å². The van der Waals surface area contributed by atoms with Gasteiger partial charge in [-0.05, 0) is 17.0 Å². The van der Waals surface area contributed by atoms with Gasteiger partial charge in [0.05, 0.1) is 0 Å². The van der Waals surface area contributed by atoms with E-state index in [0.717, 1.165) is 5.56 Å². The van der Waals surface area contributed by atoms with Crippen molar-refractivity contribution in [3.63, 3.8) is 0 Å². The van der Waals surface area contributed by atoms with Crippen molar-refractivity contribution in [3.05, 3.63) is 58.3 Å². The Morgan fingerprint density at radius 2 is 1.89 bits per heavy atom. The minimum absolute atomic E-state index is 0.134. The van der Waals surface area contributed by atoms with Crippen LogP contribution in [-0.2, 0) is 20.9 Å². The molecule has 0 aliphatic carbocycles. The number of ether oxygens (including phenoxy) is 1. The standard InChI is InChI=1S/C14H13NO3S/c15-13(16)12(11-7-4-8-19-11)14(17)18-9-10-5-2-1-3-6-10/h1-8,12H,9H2,(H2,15,16). The Morgan fingerprint density at radius 3 is 2.47 bits per heavy atom. The first-order valence-electron chi connectivity index (χ1n) is 5.72. The molecule has 2 N–H and O–H groups in total. The maximum atomic E-state index is 11.9. The summed E-state index contributed by atoms with van der Waals surface area (Å²) in [6, 6.07) is 12.7. The fourth-order valence-electron chi connectivity index (χ4n) is 1.64. The first kappa shape index (κ1) is 13.3. The monoisotopic (exact) mass is 275 g/mol. The average Bonchev–Trinajstić information content (AvgIpc) is 2.91. The molecule has 1 amide bonds. The van der Waals surface area contributed by atoms with Crippen molar-refractivity contribution in [2.24, 2.45) is 5.73 Å². The van der Waals surface area contributed by atoms with Gasteiger partial charge in [-0.15, -0.1) is 11.3 Å². The second-order valence-electron chi connectivity index (χ2n) is 3.94. The van der Waals surface area contributed by atoms with E-state index in [1.165, 1.54) is 11.3 Å². The van der Waals surface area contributed by atoms with E-state index in [9.17, 15) is 9.59 Å². The molecule has 5 heteroatoms. The number of primary amides is 1. The smallest absolute Gasteiger partial charge is 0.324 e. The molecule has 1 aromatic carbocycles. The molecule has 0 aliphatic heterocycles. The van der Waals surface area contributed by atoms with Crippen molar-refractivity contribution in [2.45, 2.75) is 12.5 Å². The normalized spacial score (nSPS) is 11.8. The minimum Gasteiger partial charge on any atom is -0.460 e. The Bertz CT molecular complexity index is 551. The maximum absolute atomic E-state index is 11.9. The summed E-state index contributed by atoms with van der Waals surface area (Å²) in [6.07, 6.45) is 0.